The predicted octanol–water partition coefficient (Wildman–Crippen LogP) is 1.76. The zero-order valence-corrected chi connectivity index (χ0v) is 8.38. The van der Waals surface area contributed by atoms with E-state index in [1.165, 1.54) is 25.1 Å². The predicted molar refractivity (Wildman–Crippen MR) is 55.0 cm³/mol. The number of halogens is 1. The molecule has 0 spiro atoms. The fraction of sp³-hybridized carbons (Fsp3) is 0.250. The number of Topliss-reactive ketones (excluding diaryl/α,β-unsaturated/α-hetero) is 1. The van der Waals surface area contributed by atoms with Crippen LogP contribution in [0.2, 0.25) is 0 Å². The van der Waals surface area contributed by atoms with E-state index < -0.39 is 5.82 Å². The van der Waals surface area contributed by atoms with Gasteiger partial charge in [0.15, 0.2) is 5.78 Å². The zero-order valence-electron chi connectivity index (χ0n) is 8.38. The number of carbonyl (C=O) groups is 1. The van der Waals surface area contributed by atoms with Crippen molar-refractivity contribution in [3.05, 3.63) is 35.1 Å². The summed E-state index contributed by atoms with van der Waals surface area (Å²) in [6, 6.07) is 3.87. The molecule has 0 fully saturated rings. The van der Waals surface area contributed by atoms with Crippen molar-refractivity contribution in [1.29, 1.82) is 0 Å². The van der Waals surface area contributed by atoms with E-state index in [1.807, 2.05) is 0 Å². The molecule has 0 aromatic heterocycles. The summed E-state index contributed by atoms with van der Waals surface area (Å²) in [5, 5.41) is 8.53. The van der Waals surface area contributed by atoms with Crippen LogP contribution in [0.15, 0.2) is 18.2 Å². The van der Waals surface area contributed by atoms with Gasteiger partial charge in [-0.3, -0.25) is 4.79 Å². The Kier molecular flexibility index (Phi) is 4.02. The summed E-state index contributed by atoms with van der Waals surface area (Å²) in [5.74, 6) is 4.75. The highest BCUT2D eigenvalue weighted by molar-refractivity contribution is 5.96. The molecule has 0 heterocycles. The lowest BCUT2D eigenvalue weighted by Crippen LogP contribution is -1.97. The smallest absolute Gasteiger partial charge is 0.161 e. The standard InChI is InChI=1S/C12H11FO2/c1-9(15)12-6-5-11(13)8-10(12)4-2-3-7-14/h5-6,8,14H,3,7H2,1H3. The first kappa shape index (κ1) is 11.4. The Bertz CT molecular complexity index is 427. The van der Waals surface area contributed by atoms with Gasteiger partial charge in [0.2, 0.25) is 0 Å². The van der Waals surface area contributed by atoms with Crippen molar-refractivity contribution < 1.29 is 14.3 Å². The maximum absolute atomic E-state index is 12.9. The van der Waals surface area contributed by atoms with E-state index in [2.05, 4.69) is 11.8 Å². The number of carbonyl (C=O) groups excluding carboxylic acids is 1. The molecule has 0 saturated heterocycles. The van der Waals surface area contributed by atoms with Gasteiger partial charge in [0, 0.05) is 17.5 Å². The minimum atomic E-state index is -0.423. The Hall–Kier alpha value is -1.66. The molecule has 2 nitrogen and oxygen atoms in total. The van der Waals surface area contributed by atoms with Crippen molar-refractivity contribution in [2.45, 2.75) is 13.3 Å². The van der Waals surface area contributed by atoms with Crippen LogP contribution in [0.4, 0.5) is 4.39 Å². The van der Waals surface area contributed by atoms with Crippen LogP contribution in [0.3, 0.4) is 0 Å². The quantitative estimate of drug-likeness (QED) is 0.591. The highest BCUT2D eigenvalue weighted by Crippen LogP contribution is 2.10. The number of aliphatic hydroxyl groups is 1. The molecule has 1 aromatic rings. The highest BCUT2D eigenvalue weighted by Gasteiger charge is 2.05. The number of hydrogen-bond donors (Lipinski definition) is 1. The molecule has 0 bridgehead atoms. The van der Waals surface area contributed by atoms with Gasteiger partial charge in [-0.15, -0.1) is 0 Å². The number of hydrogen-bond acceptors (Lipinski definition) is 2. The average molecular weight is 206 g/mol. The highest BCUT2D eigenvalue weighted by atomic mass is 19.1. The normalized spacial score (nSPS) is 9.27. The number of rotatable bonds is 2. The van der Waals surface area contributed by atoms with E-state index in [0.29, 0.717) is 17.5 Å². The summed E-state index contributed by atoms with van der Waals surface area (Å²) in [6.45, 7) is 1.36. The minimum Gasteiger partial charge on any atom is -0.395 e. The summed E-state index contributed by atoms with van der Waals surface area (Å²) in [6.07, 6.45) is 0.313. The van der Waals surface area contributed by atoms with E-state index in [9.17, 15) is 9.18 Å². The van der Waals surface area contributed by atoms with Crippen LogP contribution < -0.4 is 0 Å². The van der Waals surface area contributed by atoms with Crippen LogP contribution in [0.5, 0.6) is 0 Å². The lowest BCUT2D eigenvalue weighted by atomic mass is 10.0. The van der Waals surface area contributed by atoms with Gasteiger partial charge in [0.25, 0.3) is 0 Å². The van der Waals surface area contributed by atoms with Crippen LogP contribution >= 0.6 is 0 Å². The van der Waals surface area contributed by atoms with E-state index in [0.717, 1.165) is 0 Å². The SMILES string of the molecule is CC(=O)c1ccc(F)cc1C#CCCO. The van der Waals surface area contributed by atoms with Gasteiger partial charge in [0.1, 0.15) is 5.82 Å². The fourth-order valence-corrected chi connectivity index (χ4v) is 1.14. The van der Waals surface area contributed by atoms with Crippen LogP contribution in [-0.4, -0.2) is 17.5 Å². The Balaban J connectivity index is 3.09. The van der Waals surface area contributed by atoms with Gasteiger partial charge < -0.3 is 5.11 Å². The van der Waals surface area contributed by atoms with Gasteiger partial charge in [0.05, 0.1) is 6.61 Å². The molecule has 1 N–H and O–H groups in total. The number of aliphatic hydroxyl groups excluding tert-OH is 1. The molecular weight excluding hydrogens is 195 g/mol. The second-order valence-corrected chi connectivity index (χ2v) is 3.02. The van der Waals surface area contributed by atoms with Crippen molar-refractivity contribution in [2.24, 2.45) is 0 Å². The van der Waals surface area contributed by atoms with Gasteiger partial charge in [-0.05, 0) is 25.1 Å². The molecule has 0 radical (unpaired) electrons. The number of ketones is 1. The molecule has 0 atom stereocenters. The maximum atomic E-state index is 12.9. The third kappa shape index (κ3) is 3.19. The van der Waals surface area contributed by atoms with Crippen molar-refractivity contribution in [3.63, 3.8) is 0 Å². The molecule has 78 valence electrons. The third-order valence-electron chi connectivity index (χ3n) is 1.82. The first-order chi connectivity index (χ1) is 7.15. The first-order valence-corrected chi connectivity index (χ1v) is 4.55. The molecule has 0 aliphatic rings. The largest absolute Gasteiger partial charge is 0.395 e. The van der Waals surface area contributed by atoms with Crippen LogP contribution in [0.25, 0.3) is 0 Å². The summed E-state index contributed by atoms with van der Waals surface area (Å²) >= 11 is 0. The summed E-state index contributed by atoms with van der Waals surface area (Å²) in [4.78, 5) is 11.2. The third-order valence-corrected chi connectivity index (χ3v) is 1.82. The topological polar surface area (TPSA) is 37.3 Å². The second kappa shape index (κ2) is 5.28. The molecule has 3 heteroatoms. The fourth-order valence-electron chi connectivity index (χ4n) is 1.14. The molecule has 0 aliphatic carbocycles. The molecule has 0 aliphatic heterocycles. The minimum absolute atomic E-state index is 0.0439. The molecule has 0 saturated carbocycles. The molecular formula is C12H11FO2. The summed E-state index contributed by atoms with van der Waals surface area (Å²) in [7, 11) is 0. The van der Waals surface area contributed by atoms with Gasteiger partial charge >= 0.3 is 0 Å². The molecule has 1 rings (SSSR count). The Morgan fingerprint density at radius 1 is 1.53 bits per heavy atom. The molecule has 1 aromatic carbocycles. The lowest BCUT2D eigenvalue weighted by Gasteiger charge is -1.99. The van der Waals surface area contributed by atoms with Crippen molar-refractivity contribution >= 4 is 5.78 Å². The van der Waals surface area contributed by atoms with E-state index in [1.54, 1.807) is 0 Å². The van der Waals surface area contributed by atoms with E-state index in [-0.39, 0.29) is 12.4 Å². The molecule has 15 heavy (non-hydrogen) atoms. The van der Waals surface area contributed by atoms with Crippen molar-refractivity contribution in [2.75, 3.05) is 6.61 Å². The van der Waals surface area contributed by atoms with Crippen molar-refractivity contribution in [1.82, 2.24) is 0 Å². The van der Waals surface area contributed by atoms with Crippen LogP contribution in [0, 0.1) is 17.7 Å². The van der Waals surface area contributed by atoms with Gasteiger partial charge in [-0.2, -0.15) is 0 Å². The number of benzene rings is 1. The zero-order chi connectivity index (χ0) is 11.3. The summed E-state index contributed by atoms with van der Waals surface area (Å²) < 4.78 is 12.9. The van der Waals surface area contributed by atoms with Crippen molar-refractivity contribution in [3.8, 4) is 11.8 Å². The average Bonchev–Trinajstić information content (AvgIpc) is 2.18. The van der Waals surface area contributed by atoms with E-state index in [4.69, 9.17) is 5.11 Å². The maximum Gasteiger partial charge on any atom is 0.161 e. The van der Waals surface area contributed by atoms with E-state index >= 15 is 0 Å². The Labute approximate surface area is 87.7 Å². The second-order valence-electron chi connectivity index (χ2n) is 3.02. The summed E-state index contributed by atoms with van der Waals surface area (Å²) in [5.41, 5.74) is 0.776. The first-order valence-electron chi connectivity index (χ1n) is 4.55. The molecule has 0 unspecified atom stereocenters. The van der Waals surface area contributed by atoms with Crippen LogP contribution in [-0.2, 0) is 0 Å². The Morgan fingerprint density at radius 3 is 2.87 bits per heavy atom. The Morgan fingerprint density at radius 2 is 2.27 bits per heavy atom. The lowest BCUT2D eigenvalue weighted by molar-refractivity contribution is 0.101. The van der Waals surface area contributed by atoms with Gasteiger partial charge in [-0.1, -0.05) is 11.8 Å². The molecule has 0 amide bonds. The van der Waals surface area contributed by atoms with Gasteiger partial charge in [-0.25, -0.2) is 4.39 Å². The van der Waals surface area contributed by atoms with Crippen LogP contribution in [0.1, 0.15) is 29.3 Å². The monoisotopic (exact) mass is 206 g/mol.